The molecular formula is C33H41N5O4. The van der Waals surface area contributed by atoms with E-state index in [4.69, 9.17) is 4.74 Å². The lowest BCUT2D eigenvalue weighted by molar-refractivity contribution is 0.0764. The monoisotopic (exact) mass is 571 g/mol. The molecule has 5 rings (SSSR count). The van der Waals surface area contributed by atoms with Crippen LogP contribution < -0.4 is 0 Å². The summed E-state index contributed by atoms with van der Waals surface area (Å²) in [5.74, 6) is 0.635. The second-order valence-corrected chi connectivity index (χ2v) is 11.7. The predicted octanol–water partition coefficient (Wildman–Crippen LogP) is 5.12. The summed E-state index contributed by atoms with van der Waals surface area (Å²) in [6.07, 6.45) is 9.32. The molecule has 0 bridgehead atoms. The van der Waals surface area contributed by atoms with E-state index >= 15 is 0 Å². The van der Waals surface area contributed by atoms with E-state index in [2.05, 4.69) is 38.4 Å². The smallest absolute Gasteiger partial charge is 0.409 e. The number of carbonyl (C=O) groups excluding carboxylic acids is 2. The minimum absolute atomic E-state index is 0.0935. The minimum Gasteiger partial charge on any atom is -0.449 e. The fourth-order valence-corrected chi connectivity index (χ4v) is 5.64. The zero-order valence-electron chi connectivity index (χ0n) is 24.8. The summed E-state index contributed by atoms with van der Waals surface area (Å²) >= 11 is 0. The van der Waals surface area contributed by atoms with Crippen LogP contribution in [0.1, 0.15) is 42.7 Å². The zero-order valence-corrected chi connectivity index (χ0v) is 24.8. The number of likely N-dealkylation sites (tertiary alicyclic amines) is 1. The number of aliphatic hydroxyl groups is 1. The minimum atomic E-state index is -0.213. The Bertz CT molecular complexity index is 1510. The van der Waals surface area contributed by atoms with Crippen LogP contribution in [-0.4, -0.2) is 80.9 Å². The molecule has 0 unspecified atom stereocenters. The summed E-state index contributed by atoms with van der Waals surface area (Å²) in [6, 6.07) is 14.3. The Balaban J connectivity index is 1.34. The third-order valence-electron chi connectivity index (χ3n) is 7.98. The van der Waals surface area contributed by atoms with Gasteiger partial charge >= 0.3 is 6.09 Å². The van der Waals surface area contributed by atoms with Gasteiger partial charge in [0.1, 0.15) is 0 Å². The van der Waals surface area contributed by atoms with E-state index in [9.17, 15) is 14.7 Å². The van der Waals surface area contributed by atoms with Crippen molar-refractivity contribution >= 4 is 22.8 Å². The maximum atomic E-state index is 13.5. The molecule has 1 aliphatic rings. The Hall–Kier alpha value is -4.11. The van der Waals surface area contributed by atoms with Crippen LogP contribution in [0.2, 0.25) is 0 Å². The third kappa shape index (κ3) is 6.68. The van der Waals surface area contributed by atoms with Crippen LogP contribution in [-0.2, 0) is 17.8 Å². The SMILES string of the molecule is CC(C)COC(=O)N1CCC(Cn2cncc2Cn2cc(C(=O)N(C)CCO)c(-c3cccc4ccccc34)c2)CC1. The largest absolute Gasteiger partial charge is 0.449 e. The fraction of sp³-hybridized carbons (Fsp3) is 0.424. The molecule has 222 valence electrons. The van der Waals surface area contributed by atoms with Crippen molar-refractivity contribution in [1.29, 1.82) is 0 Å². The number of aliphatic hydroxyl groups excluding tert-OH is 1. The molecule has 0 atom stereocenters. The van der Waals surface area contributed by atoms with Crippen molar-refractivity contribution in [1.82, 2.24) is 23.9 Å². The molecule has 4 aromatic rings. The molecule has 2 aromatic carbocycles. The highest BCUT2D eigenvalue weighted by atomic mass is 16.6. The summed E-state index contributed by atoms with van der Waals surface area (Å²) in [7, 11) is 1.72. The van der Waals surface area contributed by atoms with Gasteiger partial charge in [0.25, 0.3) is 5.91 Å². The summed E-state index contributed by atoms with van der Waals surface area (Å²) in [5, 5.41) is 11.7. The summed E-state index contributed by atoms with van der Waals surface area (Å²) < 4.78 is 9.65. The molecule has 0 aliphatic carbocycles. The van der Waals surface area contributed by atoms with Crippen molar-refractivity contribution < 1.29 is 19.4 Å². The molecule has 1 saturated heterocycles. The Morgan fingerprint density at radius 1 is 1.07 bits per heavy atom. The number of carbonyl (C=O) groups is 2. The number of ether oxygens (including phenoxy) is 1. The maximum absolute atomic E-state index is 13.5. The maximum Gasteiger partial charge on any atom is 0.409 e. The van der Waals surface area contributed by atoms with E-state index < -0.39 is 0 Å². The number of hydrogen-bond donors (Lipinski definition) is 1. The van der Waals surface area contributed by atoms with Gasteiger partial charge in [-0.05, 0) is 41.0 Å². The van der Waals surface area contributed by atoms with Crippen LogP contribution in [0.15, 0.2) is 67.4 Å². The van der Waals surface area contributed by atoms with E-state index in [1.54, 1.807) is 11.9 Å². The number of piperidine rings is 1. The predicted molar refractivity (Wildman–Crippen MR) is 163 cm³/mol. The first-order chi connectivity index (χ1) is 20.3. The lowest BCUT2D eigenvalue weighted by atomic mass is 9.97. The van der Waals surface area contributed by atoms with Crippen LogP contribution in [0.4, 0.5) is 4.79 Å². The molecule has 1 fully saturated rings. The Kier molecular flexibility index (Phi) is 9.27. The summed E-state index contributed by atoms with van der Waals surface area (Å²) in [5.41, 5.74) is 3.52. The van der Waals surface area contributed by atoms with Gasteiger partial charge in [-0.3, -0.25) is 4.79 Å². The van der Waals surface area contributed by atoms with Crippen molar-refractivity contribution in [2.24, 2.45) is 11.8 Å². The van der Waals surface area contributed by atoms with Gasteiger partial charge in [0.2, 0.25) is 0 Å². The van der Waals surface area contributed by atoms with E-state index in [-0.39, 0.29) is 25.2 Å². The fourth-order valence-electron chi connectivity index (χ4n) is 5.64. The van der Waals surface area contributed by atoms with Crippen LogP contribution in [0.5, 0.6) is 0 Å². The van der Waals surface area contributed by atoms with Crippen LogP contribution >= 0.6 is 0 Å². The van der Waals surface area contributed by atoms with Gasteiger partial charge in [-0.1, -0.05) is 56.3 Å². The molecule has 2 aromatic heterocycles. The molecule has 0 radical (unpaired) electrons. The van der Waals surface area contributed by atoms with Crippen molar-refractivity contribution in [3.05, 3.63) is 78.6 Å². The first-order valence-corrected chi connectivity index (χ1v) is 14.8. The van der Waals surface area contributed by atoms with Gasteiger partial charge in [-0.25, -0.2) is 9.78 Å². The first-order valence-electron chi connectivity index (χ1n) is 14.8. The van der Waals surface area contributed by atoms with Crippen molar-refractivity contribution in [3.63, 3.8) is 0 Å². The van der Waals surface area contributed by atoms with E-state index in [0.29, 0.717) is 43.6 Å². The lowest BCUT2D eigenvalue weighted by Gasteiger charge is -2.31. The molecule has 9 heteroatoms. The number of fused-ring (bicyclic) bond motifs is 1. The highest BCUT2D eigenvalue weighted by Crippen LogP contribution is 2.33. The van der Waals surface area contributed by atoms with Crippen molar-refractivity contribution in [3.8, 4) is 11.1 Å². The van der Waals surface area contributed by atoms with Crippen LogP contribution in [0.3, 0.4) is 0 Å². The third-order valence-corrected chi connectivity index (χ3v) is 7.98. The second-order valence-electron chi connectivity index (χ2n) is 11.7. The summed E-state index contributed by atoms with van der Waals surface area (Å²) in [6.45, 7) is 7.48. The van der Waals surface area contributed by atoms with Gasteiger partial charge in [-0.2, -0.15) is 0 Å². The first kappa shape index (κ1) is 29.4. The molecule has 9 nitrogen and oxygen atoms in total. The highest BCUT2D eigenvalue weighted by molar-refractivity contribution is 6.05. The number of benzene rings is 2. The van der Waals surface area contributed by atoms with E-state index in [1.807, 2.05) is 61.9 Å². The normalized spacial score (nSPS) is 14.1. The zero-order chi connectivity index (χ0) is 29.6. The standard InChI is InChI=1S/C33H41N5O4/c1-24(2)22-42-33(41)37-13-11-25(12-14-37)18-38-23-34-17-27(38)19-36-20-30(31(21-36)32(40)35(3)15-16-39)29-10-6-8-26-7-4-5-9-28(26)29/h4-10,17,20-21,23-25,39H,11-16,18-19,22H2,1-3H3. The molecule has 42 heavy (non-hydrogen) atoms. The molecule has 1 N–H and O–H groups in total. The number of nitrogens with zero attached hydrogens (tertiary/aromatic N) is 5. The van der Waals surface area contributed by atoms with Crippen molar-refractivity contribution in [2.75, 3.05) is 39.9 Å². The molecule has 1 aliphatic heterocycles. The van der Waals surface area contributed by atoms with Gasteiger partial charge in [0, 0.05) is 57.4 Å². The topological polar surface area (TPSA) is 92.8 Å². The molecule has 0 spiro atoms. The highest BCUT2D eigenvalue weighted by Gasteiger charge is 2.25. The van der Waals surface area contributed by atoms with E-state index in [0.717, 1.165) is 47.0 Å². The summed E-state index contributed by atoms with van der Waals surface area (Å²) in [4.78, 5) is 33.7. The molecule has 0 saturated carbocycles. The average molecular weight is 572 g/mol. The van der Waals surface area contributed by atoms with Gasteiger partial charge in [0.15, 0.2) is 0 Å². The number of hydrogen-bond acceptors (Lipinski definition) is 5. The van der Waals surface area contributed by atoms with Gasteiger partial charge < -0.3 is 28.8 Å². The van der Waals surface area contributed by atoms with Crippen molar-refractivity contribution in [2.45, 2.75) is 39.8 Å². The van der Waals surface area contributed by atoms with Gasteiger partial charge in [0.05, 0.1) is 37.3 Å². The quantitative estimate of drug-likeness (QED) is 0.285. The number of imidazole rings is 1. The Morgan fingerprint density at radius 3 is 2.60 bits per heavy atom. The molecule has 2 amide bonds. The van der Waals surface area contributed by atoms with Crippen LogP contribution in [0, 0.1) is 11.8 Å². The number of aromatic nitrogens is 3. The molecule has 3 heterocycles. The van der Waals surface area contributed by atoms with E-state index in [1.165, 1.54) is 0 Å². The number of rotatable bonds is 10. The number of likely N-dealkylation sites (N-methyl/N-ethyl adjacent to an activating group) is 1. The Morgan fingerprint density at radius 2 is 1.83 bits per heavy atom. The van der Waals surface area contributed by atoms with Gasteiger partial charge in [-0.15, -0.1) is 0 Å². The molecular weight excluding hydrogens is 530 g/mol. The van der Waals surface area contributed by atoms with Crippen LogP contribution in [0.25, 0.3) is 21.9 Å². The Labute approximate surface area is 247 Å². The second kappa shape index (κ2) is 13.2. The number of amides is 2. The lowest BCUT2D eigenvalue weighted by Crippen LogP contribution is -2.40. The average Bonchev–Trinajstić information content (AvgIpc) is 3.62.